The molecule has 2 rings (SSSR count). The van der Waals surface area contributed by atoms with Crippen molar-refractivity contribution in [3.8, 4) is 0 Å². The Morgan fingerprint density at radius 1 is 1.30 bits per heavy atom. The molecule has 5 heteroatoms. The zero-order valence-electron chi connectivity index (χ0n) is 11.6. The van der Waals surface area contributed by atoms with Crippen molar-refractivity contribution in [3.05, 3.63) is 46.1 Å². The Labute approximate surface area is 148 Å². The highest BCUT2D eigenvalue weighted by Gasteiger charge is 2.21. The molecule has 2 nitrogen and oxygen atoms in total. The van der Waals surface area contributed by atoms with Gasteiger partial charge in [0.2, 0.25) is 0 Å². The highest BCUT2D eigenvalue weighted by Crippen LogP contribution is 2.27. The fourth-order valence-electron chi connectivity index (χ4n) is 2.54. The standard InChI is InChI=1S/C15H21IN2.2ClH/c1-2-3-7-15(18-10-8-17-9-11-18)13-5-4-6-14(16)12-13;;/h2,4-6,12,15,17H,1,3,7-11H2;2*1H/t15-;;/m1../s1. The molecule has 0 unspecified atom stereocenters. The lowest BCUT2D eigenvalue weighted by atomic mass is 9.99. The van der Waals surface area contributed by atoms with Crippen LogP contribution in [0.5, 0.6) is 0 Å². The van der Waals surface area contributed by atoms with E-state index in [1.54, 1.807) is 0 Å². The summed E-state index contributed by atoms with van der Waals surface area (Å²) in [7, 11) is 0. The molecule has 0 aromatic heterocycles. The number of halogens is 3. The smallest absolute Gasteiger partial charge is 0.0352 e. The van der Waals surface area contributed by atoms with Crippen LogP contribution < -0.4 is 5.32 Å². The first kappa shape index (κ1) is 20.2. The normalized spacial score (nSPS) is 16.6. The Morgan fingerprint density at radius 2 is 2.00 bits per heavy atom. The summed E-state index contributed by atoms with van der Waals surface area (Å²) in [5, 5.41) is 3.43. The number of rotatable bonds is 5. The molecule has 114 valence electrons. The van der Waals surface area contributed by atoms with Gasteiger partial charge in [0.25, 0.3) is 0 Å². The fourth-order valence-corrected chi connectivity index (χ4v) is 3.11. The average molecular weight is 429 g/mol. The average Bonchev–Trinajstić information content (AvgIpc) is 2.40. The minimum Gasteiger partial charge on any atom is -0.314 e. The third kappa shape index (κ3) is 5.90. The van der Waals surface area contributed by atoms with E-state index in [4.69, 9.17) is 0 Å². The van der Waals surface area contributed by atoms with E-state index in [-0.39, 0.29) is 24.8 Å². The molecule has 0 aliphatic carbocycles. The van der Waals surface area contributed by atoms with Gasteiger partial charge in [-0.2, -0.15) is 0 Å². The van der Waals surface area contributed by atoms with E-state index in [0.717, 1.165) is 32.6 Å². The van der Waals surface area contributed by atoms with Gasteiger partial charge in [-0.3, -0.25) is 4.90 Å². The maximum atomic E-state index is 3.86. The molecule has 1 saturated heterocycles. The van der Waals surface area contributed by atoms with Crippen LogP contribution in [0.15, 0.2) is 36.9 Å². The summed E-state index contributed by atoms with van der Waals surface area (Å²) in [6.07, 6.45) is 4.28. The number of hydrogen-bond acceptors (Lipinski definition) is 2. The molecule has 1 N–H and O–H groups in total. The minimum absolute atomic E-state index is 0. The largest absolute Gasteiger partial charge is 0.314 e. The van der Waals surface area contributed by atoms with Crippen LogP contribution in [0, 0.1) is 3.57 Å². The molecule has 20 heavy (non-hydrogen) atoms. The van der Waals surface area contributed by atoms with Crippen molar-refractivity contribution in [3.63, 3.8) is 0 Å². The second kappa shape index (κ2) is 10.9. The van der Waals surface area contributed by atoms with Gasteiger partial charge in [0.05, 0.1) is 0 Å². The number of allylic oxidation sites excluding steroid dienone is 1. The van der Waals surface area contributed by atoms with Gasteiger partial charge in [0.15, 0.2) is 0 Å². The minimum atomic E-state index is 0. The van der Waals surface area contributed by atoms with Crippen LogP contribution in [0.3, 0.4) is 0 Å². The molecular formula is C15H23Cl2IN2. The fraction of sp³-hybridized carbons (Fsp3) is 0.467. The number of benzene rings is 1. The monoisotopic (exact) mass is 428 g/mol. The summed E-state index contributed by atoms with van der Waals surface area (Å²) in [4.78, 5) is 2.60. The van der Waals surface area contributed by atoms with E-state index < -0.39 is 0 Å². The topological polar surface area (TPSA) is 15.3 Å². The Morgan fingerprint density at radius 3 is 2.60 bits per heavy atom. The van der Waals surface area contributed by atoms with Crippen LogP contribution in [0.4, 0.5) is 0 Å². The van der Waals surface area contributed by atoms with Gasteiger partial charge in [-0.15, -0.1) is 31.4 Å². The lowest BCUT2D eigenvalue weighted by Crippen LogP contribution is -2.45. The summed E-state index contributed by atoms with van der Waals surface area (Å²) < 4.78 is 1.32. The van der Waals surface area contributed by atoms with Crippen LogP contribution in [0.25, 0.3) is 0 Å². The predicted octanol–water partition coefficient (Wildman–Crippen LogP) is 4.05. The van der Waals surface area contributed by atoms with Gasteiger partial charge >= 0.3 is 0 Å². The first-order chi connectivity index (χ1) is 8.81. The lowest BCUT2D eigenvalue weighted by Gasteiger charge is -2.35. The van der Waals surface area contributed by atoms with Crippen LogP contribution in [0.1, 0.15) is 24.4 Å². The lowest BCUT2D eigenvalue weighted by molar-refractivity contribution is 0.166. The molecular weight excluding hydrogens is 406 g/mol. The molecule has 0 bridgehead atoms. The molecule has 1 heterocycles. The summed E-state index contributed by atoms with van der Waals surface area (Å²) in [6, 6.07) is 9.45. The van der Waals surface area contributed by atoms with Crippen molar-refractivity contribution in [2.75, 3.05) is 26.2 Å². The molecule has 1 aromatic carbocycles. The van der Waals surface area contributed by atoms with Crippen LogP contribution in [-0.4, -0.2) is 31.1 Å². The van der Waals surface area contributed by atoms with Gasteiger partial charge in [-0.1, -0.05) is 18.2 Å². The molecule has 1 aliphatic rings. The summed E-state index contributed by atoms with van der Waals surface area (Å²) in [5.41, 5.74) is 1.45. The summed E-state index contributed by atoms with van der Waals surface area (Å²) in [6.45, 7) is 8.36. The molecule has 1 aliphatic heterocycles. The van der Waals surface area contributed by atoms with E-state index in [0.29, 0.717) is 6.04 Å². The molecule has 0 amide bonds. The van der Waals surface area contributed by atoms with Crippen LogP contribution in [0.2, 0.25) is 0 Å². The van der Waals surface area contributed by atoms with E-state index >= 15 is 0 Å². The van der Waals surface area contributed by atoms with Gasteiger partial charge in [0.1, 0.15) is 0 Å². The zero-order chi connectivity index (χ0) is 12.8. The second-order valence-electron chi connectivity index (χ2n) is 4.72. The third-order valence-corrected chi connectivity index (χ3v) is 4.14. The molecule has 1 aromatic rings. The number of hydrogen-bond donors (Lipinski definition) is 1. The molecule has 0 radical (unpaired) electrons. The first-order valence-electron chi connectivity index (χ1n) is 6.62. The summed E-state index contributed by atoms with van der Waals surface area (Å²) >= 11 is 2.40. The quantitative estimate of drug-likeness (QED) is 0.562. The van der Waals surface area contributed by atoms with Gasteiger partial charge < -0.3 is 5.32 Å². The maximum absolute atomic E-state index is 3.86. The van der Waals surface area contributed by atoms with Gasteiger partial charge in [-0.05, 0) is 53.1 Å². The maximum Gasteiger partial charge on any atom is 0.0352 e. The molecule has 1 fully saturated rings. The number of nitrogens with zero attached hydrogens (tertiary/aromatic N) is 1. The van der Waals surface area contributed by atoms with E-state index in [9.17, 15) is 0 Å². The third-order valence-electron chi connectivity index (χ3n) is 3.47. The zero-order valence-corrected chi connectivity index (χ0v) is 15.3. The van der Waals surface area contributed by atoms with Gasteiger partial charge in [-0.25, -0.2) is 0 Å². The van der Waals surface area contributed by atoms with Crippen molar-refractivity contribution in [1.29, 1.82) is 0 Å². The SMILES string of the molecule is C=CCC[C@H](c1cccc(I)c1)N1CCNCC1.Cl.Cl. The van der Waals surface area contributed by atoms with Crippen LogP contribution >= 0.6 is 47.4 Å². The number of piperazine rings is 1. The van der Waals surface area contributed by atoms with E-state index in [1.165, 1.54) is 15.6 Å². The highest BCUT2D eigenvalue weighted by molar-refractivity contribution is 14.1. The summed E-state index contributed by atoms with van der Waals surface area (Å²) in [5.74, 6) is 0. The Bertz CT molecular complexity index is 395. The van der Waals surface area contributed by atoms with Crippen molar-refractivity contribution in [2.45, 2.75) is 18.9 Å². The first-order valence-corrected chi connectivity index (χ1v) is 7.70. The van der Waals surface area contributed by atoms with Crippen LogP contribution in [-0.2, 0) is 0 Å². The van der Waals surface area contributed by atoms with Crippen molar-refractivity contribution < 1.29 is 0 Å². The Balaban J connectivity index is 0.00000180. The molecule has 0 saturated carbocycles. The Kier molecular flexibility index (Phi) is 11.0. The van der Waals surface area contributed by atoms with Crippen molar-refractivity contribution in [2.24, 2.45) is 0 Å². The molecule has 1 atom stereocenters. The van der Waals surface area contributed by atoms with E-state index in [1.807, 2.05) is 6.08 Å². The van der Waals surface area contributed by atoms with Gasteiger partial charge in [0, 0.05) is 35.8 Å². The number of nitrogens with one attached hydrogen (secondary N) is 1. The van der Waals surface area contributed by atoms with Crippen molar-refractivity contribution >= 4 is 47.4 Å². The van der Waals surface area contributed by atoms with E-state index in [2.05, 4.69) is 63.7 Å². The Hall–Kier alpha value is 0.190. The molecule has 0 spiro atoms. The predicted molar refractivity (Wildman–Crippen MR) is 100 cm³/mol. The van der Waals surface area contributed by atoms with Crippen molar-refractivity contribution in [1.82, 2.24) is 10.2 Å². The second-order valence-corrected chi connectivity index (χ2v) is 5.97. The highest BCUT2D eigenvalue weighted by atomic mass is 127.